The molecule has 0 amide bonds. The number of rotatable bonds is 6. The van der Waals surface area contributed by atoms with Crippen molar-refractivity contribution >= 4 is 16.5 Å². The van der Waals surface area contributed by atoms with Crippen LogP contribution in [0.1, 0.15) is 6.42 Å². The third-order valence-electron chi connectivity index (χ3n) is 0.821. The van der Waals surface area contributed by atoms with E-state index in [4.69, 9.17) is 5.73 Å². The first-order valence-electron chi connectivity index (χ1n) is 2.86. The molecule has 3 atom stereocenters. The van der Waals surface area contributed by atoms with Gasteiger partial charge in [0.2, 0.25) is 0 Å². The van der Waals surface area contributed by atoms with Gasteiger partial charge in [-0.1, -0.05) is 0 Å². The standard InChI is InChI=1S/C3H7NO6P2/c4-3(10-12(7)8)1-2-9-11(5)6/h3H,1-2,4H2. The van der Waals surface area contributed by atoms with Crippen molar-refractivity contribution in [2.24, 2.45) is 5.73 Å². The molecule has 9 heteroatoms. The average Bonchev–Trinajstić information content (AvgIpc) is 1.84. The molecular weight excluding hydrogens is 208 g/mol. The highest BCUT2D eigenvalue weighted by Gasteiger charge is 2.13. The minimum atomic E-state index is -3.00. The van der Waals surface area contributed by atoms with Crippen LogP contribution in [0, 0.1) is 0 Å². The SMILES string of the molecule is NC(CCO[P+](=O)[O-])O[P+](=O)[O-]. The quantitative estimate of drug-likeness (QED) is 0.432. The molecule has 0 spiro atoms. The van der Waals surface area contributed by atoms with Crippen LogP contribution in [0.3, 0.4) is 0 Å². The number of hydrogen-bond donors (Lipinski definition) is 1. The molecule has 0 aromatic rings. The van der Waals surface area contributed by atoms with Crippen LogP contribution >= 0.6 is 16.5 Å². The summed E-state index contributed by atoms with van der Waals surface area (Å²) in [7, 11) is -5.92. The van der Waals surface area contributed by atoms with Gasteiger partial charge in [0.25, 0.3) is 0 Å². The molecule has 0 radical (unpaired) electrons. The van der Waals surface area contributed by atoms with Crippen LogP contribution in [0.25, 0.3) is 0 Å². The van der Waals surface area contributed by atoms with Crippen molar-refractivity contribution in [3.8, 4) is 0 Å². The third kappa shape index (κ3) is 8.10. The van der Waals surface area contributed by atoms with Gasteiger partial charge in [0.1, 0.15) is 6.61 Å². The second-order valence-electron chi connectivity index (χ2n) is 1.71. The van der Waals surface area contributed by atoms with Crippen LogP contribution in [0.2, 0.25) is 0 Å². The Morgan fingerprint density at radius 1 is 1.33 bits per heavy atom. The molecule has 0 aliphatic rings. The van der Waals surface area contributed by atoms with Crippen LogP contribution in [0.5, 0.6) is 0 Å². The van der Waals surface area contributed by atoms with Gasteiger partial charge in [0.15, 0.2) is 6.23 Å². The highest BCUT2D eigenvalue weighted by molar-refractivity contribution is 7.30. The third-order valence-corrected chi connectivity index (χ3v) is 1.66. The van der Waals surface area contributed by atoms with Crippen molar-refractivity contribution in [1.82, 2.24) is 0 Å². The highest BCUT2D eigenvalue weighted by Crippen LogP contribution is 2.14. The molecule has 0 saturated heterocycles. The van der Waals surface area contributed by atoms with Gasteiger partial charge >= 0.3 is 16.5 Å². The summed E-state index contributed by atoms with van der Waals surface area (Å²) in [6.07, 6.45) is -1.06. The smallest absolute Gasteiger partial charge is 0.490 e. The maximum absolute atomic E-state index is 9.88. The maximum Gasteiger partial charge on any atom is 0.490 e. The van der Waals surface area contributed by atoms with E-state index in [1.807, 2.05) is 0 Å². The van der Waals surface area contributed by atoms with Crippen LogP contribution in [-0.2, 0) is 18.2 Å². The van der Waals surface area contributed by atoms with Crippen molar-refractivity contribution in [3.05, 3.63) is 0 Å². The number of nitrogens with two attached hydrogens (primary N) is 1. The second-order valence-corrected chi connectivity index (χ2v) is 3.08. The topological polar surface area (TPSA) is 125 Å². The molecule has 0 aromatic carbocycles. The lowest BCUT2D eigenvalue weighted by molar-refractivity contribution is -0.190. The molecule has 0 heterocycles. The summed E-state index contributed by atoms with van der Waals surface area (Å²) in [6, 6.07) is 0. The summed E-state index contributed by atoms with van der Waals surface area (Å²) >= 11 is 0. The molecule has 7 nitrogen and oxygen atoms in total. The lowest BCUT2D eigenvalue weighted by atomic mass is 10.4. The van der Waals surface area contributed by atoms with Crippen molar-refractivity contribution in [3.63, 3.8) is 0 Å². The summed E-state index contributed by atoms with van der Waals surface area (Å²) in [5.41, 5.74) is 5.08. The Morgan fingerprint density at radius 3 is 2.33 bits per heavy atom. The molecule has 12 heavy (non-hydrogen) atoms. The maximum atomic E-state index is 9.88. The predicted molar refractivity (Wildman–Crippen MR) is 34.8 cm³/mol. The Hall–Kier alpha value is -0.0000000000000000763. The molecule has 0 aliphatic carbocycles. The second kappa shape index (κ2) is 6.51. The largest absolute Gasteiger partial charge is 0.566 e. The van der Waals surface area contributed by atoms with Crippen LogP contribution in [0.4, 0.5) is 0 Å². The fraction of sp³-hybridized carbons (Fsp3) is 1.00. The Kier molecular flexibility index (Phi) is 6.51. The van der Waals surface area contributed by atoms with Gasteiger partial charge in [-0.05, 0) is 9.13 Å². The molecular formula is C3H7NO6P2. The average molecular weight is 215 g/mol. The van der Waals surface area contributed by atoms with Crippen molar-refractivity contribution in [2.75, 3.05) is 6.61 Å². The van der Waals surface area contributed by atoms with E-state index < -0.39 is 22.7 Å². The van der Waals surface area contributed by atoms with Crippen molar-refractivity contribution in [2.45, 2.75) is 12.6 Å². The summed E-state index contributed by atoms with van der Waals surface area (Å²) in [5.74, 6) is 0. The first-order chi connectivity index (χ1) is 5.52. The van der Waals surface area contributed by atoms with E-state index in [2.05, 4.69) is 9.05 Å². The van der Waals surface area contributed by atoms with Crippen LogP contribution in [-0.4, -0.2) is 12.8 Å². The zero-order valence-electron chi connectivity index (χ0n) is 5.91. The predicted octanol–water partition coefficient (Wildman–Crippen LogP) is -1.27. The first-order valence-corrected chi connectivity index (χ1v) is 5.05. The van der Waals surface area contributed by atoms with Crippen molar-refractivity contribution in [1.29, 1.82) is 0 Å². The molecule has 2 N–H and O–H groups in total. The molecule has 0 aromatic heterocycles. The molecule has 3 unspecified atom stereocenters. The van der Waals surface area contributed by atoms with Crippen LogP contribution in [0.15, 0.2) is 0 Å². The van der Waals surface area contributed by atoms with E-state index in [1.165, 1.54) is 0 Å². The fourth-order valence-corrected chi connectivity index (χ4v) is 0.988. The highest BCUT2D eigenvalue weighted by atomic mass is 31.1. The summed E-state index contributed by atoms with van der Waals surface area (Å²) in [6.45, 7) is -0.191. The minimum Gasteiger partial charge on any atom is -0.566 e. The van der Waals surface area contributed by atoms with Gasteiger partial charge in [-0.15, -0.1) is 9.05 Å². The Bertz CT molecular complexity index is 174. The summed E-state index contributed by atoms with van der Waals surface area (Å²) in [4.78, 5) is 19.7. The first kappa shape index (κ1) is 12.0. The molecule has 0 aliphatic heterocycles. The minimum absolute atomic E-state index is 0.00731. The number of hydrogen-bond acceptors (Lipinski definition) is 7. The lowest BCUT2D eigenvalue weighted by Gasteiger charge is -2.01. The van der Waals surface area contributed by atoms with Gasteiger partial charge in [-0.2, -0.15) is 0 Å². The Balaban J connectivity index is 3.37. The summed E-state index contributed by atoms with van der Waals surface area (Å²) < 4.78 is 27.9. The molecule has 0 rings (SSSR count). The van der Waals surface area contributed by atoms with E-state index in [1.54, 1.807) is 0 Å². The van der Waals surface area contributed by atoms with E-state index in [9.17, 15) is 18.9 Å². The van der Waals surface area contributed by atoms with Gasteiger partial charge < -0.3 is 15.5 Å². The normalized spacial score (nSPS) is 15.6. The van der Waals surface area contributed by atoms with Crippen LogP contribution < -0.4 is 15.5 Å². The van der Waals surface area contributed by atoms with E-state index in [-0.39, 0.29) is 13.0 Å². The molecule has 0 fully saturated rings. The zero-order chi connectivity index (χ0) is 9.56. The van der Waals surface area contributed by atoms with E-state index in [0.717, 1.165) is 0 Å². The van der Waals surface area contributed by atoms with Gasteiger partial charge in [-0.3, -0.25) is 0 Å². The zero-order valence-corrected chi connectivity index (χ0v) is 7.70. The monoisotopic (exact) mass is 215 g/mol. The van der Waals surface area contributed by atoms with E-state index in [0.29, 0.717) is 0 Å². The Labute approximate surface area is 70.4 Å². The Morgan fingerprint density at radius 2 is 1.92 bits per heavy atom. The molecule has 70 valence electrons. The van der Waals surface area contributed by atoms with Gasteiger partial charge in [0.05, 0.1) is 0 Å². The van der Waals surface area contributed by atoms with Gasteiger partial charge in [-0.25, -0.2) is 0 Å². The summed E-state index contributed by atoms with van der Waals surface area (Å²) in [5, 5.41) is 0. The fourth-order valence-electron chi connectivity index (χ4n) is 0.407. The van der Waals surface area contributed by atoms with Gasteiger partial charge in [0, 0.05) is 6.42 Å². The van der Waals surface area contributed by atoms with E-state index >= 15 is 0 Å². The molecule has 0 saturated carbocycles. The van der Waals surface area contributed by atoms with Crippen molar-refractivity contribution < 1.29 is 28.0 Å². The molecule has 0 bridgehead atoms. The lowest BCUT2D eigenvalue weighted by Crippen LogP contribution is -2.23.